The fourth-order valence-corrected chi connectivity index (χ4v) is 3.91. The molecule has 1 aliphatic rings. The maximum Gasteiger partial charge on any atom is 0.254 e. The third-order valence-electron chi connectivity index (χ3n) is 5.38. The number of nitrogens with zero attached hydrogens (tertiary/aromatic N) is 3. The van der Waals surface area contributed by atoms with E-state index in [2.05, 4.69) is 52.1 Å². The van der Waals surface area contributed by atoms with E-state index in [0.29, 0.717) is 0 Å². The molecule has 5 heteroatoms. The van der Waals surface area contributed by atoms with Crippen LogP contribution in [0.25, 0.3) is 11.0 Å². The van der Waals surface area contributed by atoms with E-state index in [0.717, 1.165) is 55.0 Å². The lowest BCUT2D eigenvalue weighted by Crippen LogP contribution is -2.54. The molecule has 1 N–H and O–H groups in total. The van der Waals surface area contributed by atoms with Crippen LogP contribution in [0.15, 0.2) is 48.5 Å². The molecule has 0 aliphatic carbocycles. The van der Waals surface area contributed by atoms with Crippen molar-refractivity contribution in [2.45, 2.75) is 26.3 Å². The Labute approximate surface area is 160 Å². The van der Waals surface area contributed by atoms with Crippen LogP contribution < -0.4 is 0 Å². The molecule has 0 bridgehead atoms. The minimum absolute atomic E-state index is 0.111. The monoisotopic (exact) mass is 362 g/mol. The van der Waals surface area contributed by atoms with Crippen LogP contribution in [0.4, 0.5) is 0 Å². The Morgan fingerprint density at radius 3 is 2.78 bits per heavy atom. The molecule has 1 saturated heterocycles. The molecule has 0 radical (unpaired) electrons. The SMILES string of the molecule is Cc1nc2ccc(C(=O)N3CCN(CCc4ccccc4)C[C@@H]3C)cc2[nH]1. The molecule has 1 fully saturated rings. The van der Waals surface area contributed by atoms with Crippen LogP contribution in [0.1, 0.15) is 28.7 Å². The molecular formula is C22H26N4O. The number of hydrogen-bond donors (Lipinski definition) is 1. The number of H-pyrrole nitrogens is 1. The van der Waals surface area contributed by atoms with E-state index < -0.39 is 0 Å². The Bertz CT molecular complexity index is 934. The van der Waals surface area contributed by atoms with Crippen LogP contribution in [0, 0.1) is 6.92 Å². The molecule has 0 unspecified atom stereocenters. The van der Waals surface area contributed by atoms with Crippen LogP contribution >= 0.6 is 0 Å². The number of piperazine rings is 1. The van der Waals surface area contributed by atoms with E-state index in [1.54, 1.807) is 0 Å². The van der Waals surface area contributed by atoms with Gasteiger partial charge in [-0.2, -0.15) is 0 Å². The van der Waals surface area contributed by atoms with Crippen LogP contribution in [0.3, 0.4) is 0 Å². The van der Waals surface area contributed by atoms with Gasteiger partial charge in [0.2, 0.25) is 0 Å². The van der Waals surface area contributed by atoms with Gasteiger partial charge >= 0.3 is 0 Å². The molecular weight excluding hydrogens is 336 g/mol. The van der Waals surface area contributed by atoms with Gasteiger partial charge in [0.15, 0.2) is 0 Å². The van der Waals surface area contributed by atoms with Crippen LogP contribution in [-0.4, -0.2) is 57.9 Å². The van der Waals surface area contributed by atoms with Crippen molar-refractivity contribution in [1.29, 1.82) is 0 Å². The lowest BCUT2D eigenvalue weighted by molar-refractivity contribution is 0.0492. The molecule has 0 spiro atoms. The van der Waals surface area contributed by atoms with Gasteiger partial charge in [-0.1, -0.05) is 30.3 Å². The second-order valence-electron chi connectivity index (χ2n) is 7.44. The van der Waals surface area contributed by atoms with Crippen LogP contribution in [-0.2, 0) is 6.42 Å². The predicted molar refractivity (Wildman–Crippen MR) is 108 cm³/mol. The zero-order valence-electron chi connectivity index (χ0n) is 16.0. The van der Waals surface area contributed by atoms with Crippen molar-refractivity contribution in [2.24, 2.45) is 0 Å². The molecule has 140 valence electrons. The first kappa shape index (κ1) is 17.7. The minimum atomic E-state index is 0.111. The first-order chi connectivity index (χ1) is 13.1. The predicted octanol–water partition coefficient (Wildman–Crippen LogP) is 3.26. The first-order valence-electron chi connectivity index (χ1n) is 9.64. The number of hydrogen-bond acceptors (Lipinski definition) is 3. The van der Waals surface area contributed by atoms with Crippen LogP contribution in [0.5, 0.6) is 0 Å². The van der Waals surface area contributed by atoms with E-state index in [9.17, 15) is 4.79 Å². The first-order valence-corrected chi connectivity index (χ1v) is 9.64. The number of aromatic nitrogens is 2. The maximum absolute atomic E-state index is 13.0. The summed E-state index contributed by atoms with van der Waals surface area (Å²) < 4.78 is 0. The van der Waals surface area contributed by atoms with Gasteiger partial charge in [0.25, 0.3) is 5.91 Å². The largest absolute Gasteiger partial charge is 0.342 e. The molecule has 2 heterocycles. The maximum atomic E-state index is 13.0. The lowest BCUT2D eigenvalue weighted by Gasteiger charge is -2.40. The zero-order valence-corrected chi connectivity index (χ0v) is 16.0. The summed E-state index contributed by atoms with van der Waals surface area (Å²) in [5.41, 5.74) is 3.93. The van der Waals surface area contributed by atoms with E-state index in [4.69, 9.17) is 0 Å². The zero-order chi connectivity index (χ0) is 18.8. The van der Waals surface area contributed by atoms with Crippen molar-refractivity contribution in [3.8, 4) is 0 Å². The fourth-order valence-electron chi connectivity index (χ4n) is 3.91. The molecule has 4 rings (SSSR count). The van der Waals surface area contributed by atoms with Gasteiger partial charge in [0.1, 0.15) is 5.82 Å². The summed E-state index contributed by atoms with van der Waals surface area (Å²) in [6.45, 7) is 7.73. The Kier molecular flexibility index (Phi) is 4.94. The van der Waals surface area contributed by atoms with Crippen molar-refractivity contribution in [3.63, 3.8) is 0 Å². The Balaban J connectivity index is 1.39. The van der Waals surface area contributed by atoms with Crippen molar-refractivity contribution in [2.75, 3.05) is 26.2 Å². The molecule has 1 amide bonds. The fraction of sp³-hybridized carbons (Fsp3) is 0.364. The number of carbonyl (C=O) groups excluding carboxylic acids is 1. The highest BCUT2D eigenvalue weighted by Gasteiger charge is 2.28. The highest BCUT2D eigenvalue weighted by atomic mass is 16.2. The number of fused-ring (bicyclic) bond motifs is 1. The van der Waals surface area contributed by atoms with Gasteiger partial charge in [-0.15, -0.1) is 0 Å². The minimum Gasteiger partial charge on any atom is -0.342 e. The molecule has 5 nitrogen and oxygen atoms in total. The van der Waals surface area contributed by atoms with Gasteiger partial charge in [-0.05, 0) is 44.0 Å². The second kappa shape index (κ2) is 7.53. The number of rotatable bonds is 4. The van der Waals surface area contributed by atoms with E-state index >= 15 is 0 Å². The number of aromatic amines is 1. The molecule has 1 aliphatic heterocycles. The number of nitrogens with one attached hydrogen (secondary N) is 1. The molecule has 27 heavy (non-hydrogen) atoms. The number of aryl methyl sites for hydroxylation is 1. The third kappa shape index (κ3) is 3.88. The summed E-state index contributed by atoms with van der Waals surface area (Å²) in [4.78, 5) is 25.1. The van der Waals surface area contributed by atoms with Gasteiger partial charge in [0.05, 0.1) is 11.0 Å². The average Bonchev–Trinajstić information content (AvgIpc) is 3.06. The standard InChI is InChI=1S/C22H26N4O/c1-16-15-25(11-10-18-6-4-3-5-7-18)12-13-26(16)22(27)19-8-9-20-21(14-19)24-17(2)23-20/h3-9,14,16H,10-13,15H2,1-2H3,(H,23,24)/t16-/m0/s1. The number of benzene rings is 2. The Hall–Kier alpha value is -2.66. The lowest BCUT2D eigenvalue weighted by atomic mass is 10.1. The average molecular weight is 362 g/mol. The molecule has 1 atom stereocenters. The van der Waals surface area contributed by atoms with Crippen molar-refractivity contribution in [1.82, 2.24) is 19.8 Å². The topological polar surface area (TPSA) is 52.2 Å². The number of carbonyl (C=O) groups is 1. The summed E-state index contributed by atoms with van der Waals surface area (Å²) >= 11 is 0. The van der Waals surface area contributed by atoms with Crippen LogP contribution in [0.2, 0.25) is 0 Å². The van der Waals surface area contributed by atoms with Gasteiger partial charge in [-0.25, -0.2) is 4.98 Å². The summed E-state index contributed by atoms with van der Waals surface area (Å²) in [5.74, 6) is 0.981. The van der Waals surface area contributed by atoms with Crippen molar-refractivity contribution in [3.05, 3.63) is 65.5 Å². The quantitative estimate of drug-likeness (QED) is 0.775. The second-order valence-corrected chi connectivity index (χ2v) is 7.44. The van der Waals surface area contributed by atoms with Gasteiger partial charge in [0, 0.05) is 37.8 Å². The Morgan fingerprint density at radius 2 is 2.00 bits per heavy atom. The van der Waals surface area contributed by atoms with Gasteiger partial charge in [-0.3, -0.25) is 9.69 Å². The van der Waals surface area contributed by atoms with Gasteiger partial charge < -0.3 is 9.88 Å². The summed E-state index contributed by atoms with van der Waals surface area (Å²) in [6.07, 6.45) is 1.05. The third-order valence-corrected chi connectivity index (χ3v) is 5.38. The summed E-state index contributed by atoms with van der Waals surface area (Å²) in [6, 6.07) is 16.5. The van der Waals surface area contributed by atoms with E-state index in [1.165, 1.54) is 5.56 Å². The highest BCUT2D eigenvalue weighted by Crippen LogP contribution is 2.18. The molecule has 3 aromatic rings. The number of imidazole rings is 1. The summed E-state index contributed by atoms with van der Waals surface area (Å²) in [5, 5.41) is 0. The summed E-state index contributed by atoms with van der Waals surface area (Å²) in [7, 11) is 0. The smallest absolute Gasteiger partial charge is 0.254 e. The van der Waals surface area contributed by atoms with Crippen molar-refractivity contribution < 1.29 is 4.79 Å². The molecule has 1 aromatic heterocycles. The van der Waals surface area contributed by atoms with E-state index in [1.807, 2.05) is 30.0 Å². The Morgan fingerprint density at radius 1 is 1.19 bits per heavy atom. The number of amides is 1. The highest BCUT2D eigenvalue weighted by molar-refractivity contribution is 5.97. The molecule has 0 saturated carbocycles. The van der Waals surface area contributed by atoms with Crippen molar-refractivity contribution >= 4 is 16.9 Å². The normalized spacial score (nSPS) is 18.1. The molecule has 2 aromatic carbocycles. The van der Waals surface area contributed by atoms with E-state index in [-0.39, 0.29) is 11.9 Å².